The summed E-state index contributed by atoms with van der Waals surface area (Å²) in [6.07, 6.45) is 7.97. The lowest BCUT2D eigenvalue weighted by atomic mass is 9.96. The molecule has 1 fully saturated rings. The third-order valence-corrected chi connectivity index (χ3v) is 5.83. The average molecular weight is 397 g/mol. The van der Waals surface area contributed by atoms with Crippen molar-refractivity contribution in [2.24, 2.45) is 0 Å². The molecule has 0 bridgehead atoms. The van der Waals surface area contributed by atoms with E-state index in [2.05, 4.69) is 10.3 Å². The molecular weight excluding hydrogens is 372 g/mol. The number of thiazole rings is 1. The van der Waals surface area contributed by atoms with E-state index < -0.39 is 0 Å². The molecule has 0 spiro atoms. The number of ether oxygens (including phenoxy) is 1. The molecule has 1 aliphatic carbocycles. The van der Waals surface area contributed by atoms with Crippen LogP contribution in [-0.2, 0) is 0 Å². The van der Waals surface area contributed by atoms with Crippen LogP contribution in [0.25, 0.3) is 10.2 Å². The minimum atomic E-state index is -0.151. The van der Waals surface area contributed by atoms with E-state index in [4.69, 9.17) is 9.72 Å². The molecular formula is C21H24N4O2S. The summed E-state index contributed by atoms with van der Waals surface area (Å²) in [6.45, 7) is 0. The summed E-state index contributed by atoms with van der Waals surface area (Å²) >= 11 is 1.65. The summed E-state index contributed by atoms with van der Waals surface area (Å²) in [5.74, 6) is 1.15. The highest BCUT2D eigenvalue weighted by atomic mass is 32.1. The first-order chi connectivity index (χ1) is 13.6. The molecule has 1 N–H and O–H groups in total. The topological polar surface area (TPSA) is 67.4 Å². The Kier molecular flexibility index (Phi) is 5.43. The second-order valence-corrected chi connectivity index (χ2v) is 8.34. The maximum absolute atomic E-state index is 12.1. The lowest BCUT2D eigenvalue weighted by molar-refractivity contribution is 0.0821. The first kappa shape index (κ1) is 18.7. The number of carbonyl (C=O) groups excluding carboxylic acids is 1. The number of carbonyl (C=O) groups is 1. The van der Waals surface area contributed by atoms with Gasteiger partial charge in [-0.2, -0.15) is 0 Å². The van der Waals surface area contributed by atoms with Crippen molar-refractivity contribution in [3.8, 4) is 11.5 Å². The summed E-state index contributed by atoms with van der Waals surface area (Å²) in [5, 5.41) is 4.56. The monoisotopic (exact) mass is 396 g/mol. The van der Waals surface area contributed by atoms with E-state index in [0.717, 1.165) is 21.1 Å². The fraction of sp³-hybridized carbons (Fsp3) is 0.381. The number of aromatic nitrogens is 2. The number of hydrogen-bond acceptors (Lipinski definition) is 6. The standard InChI is InChI=1S/C21H24N4O2S/c1-25(2)20(26)18-12-16(10-11-22-18)27-15-8-9-17-19(13-15)28-21(24-17)23-14-6-4-3-5-7-14/h8-14H,3-7H2,1-2H3,(H,23,24). The second kappa shape index (κ2) is 8.14. The lowest BCUT2D eigenvalue weighted by Gasteiger charge is -2.22. The number of pyridine rings is 1. The number of amides is 1. The lowest BCUT2D eigenvalue weighted by Crippen LogP contribution is -2.22. The summed E-state index contributed by atoms with van der Waals surface area (Å²) in [4.78, 5) is 22.4. The summed E-state index contributed by atoms with van der Waals surface area (Å²) in [7, 11) is 3.41. The van der Waals surface area contributed by atoms with Crippen molar-refractivity contribution in [3.05, 3.63) is 42.2 Å². The van der Waals surface area contributed by atoms with Crippen LogP contribution in [0.3, 0.4) is 0 Å². The minimum Gasteiger partial charge on any atom is -0.457 e. The third kappa shape index (κ3) is 4.25. The van der Waals surface area contributed by atoms with Gasteiger partial charge in [0, 0.05) is 38.5 Å². The molecule has 0 radical (unpaired) electrons. The molecule has 1 aliphatic rings. The van der Waals surface area contributed by atoms with Crippen molar-refractivity contribution >= 4 is 32.6 Å². The molecule has 1 saturated carbocycles. The second-order valence-electron chi connectivity index (χ2n) is 7.31. The molecule has 7 heteroatoms. The Bertz CT molecular complexity index is 979. The van der Waals surface area contributed by atoms with Gasteiger partial charge in [0.15, 0.2) is 5.13 Å². The van der Waals surface area contributed by atoms with Gasteiger partial charge >= 0.3 is 0 Å². The van der Waals surface area contributed by atoms with Gasteiger partial charge in [0.1, 0.15) is 17.2 Å². The summed E-state index contributed by atoms with van der Waals surface area (Å²) in [5.41, 5.74) is 1.33. The zero-order valence-electron chi connectivity index (χ0n) is 16.1. The molecule has 2 aromatic heterocycles. The highest BCUT2D eigenvalue weighted by molar-refractivity contribution is 7.22. The van der Waals surface area contributed by atoms with Crippen LogP contribution in [0.1, 0.15) is 42.6 Å². The molecule has 0 unspecified atom stereocenters. The van der Waals surface area contributed by atoms with Crippen molar-refractivity contribution < 1.29 is 9.53 Å². The van der Waals surface area contributed by atoms with Gasteiger partial charge in [0.25, 0.3) is 5.91 Å². The van der Waals surface area contributed by atoms with Crippen LogP contribution in [0, 0.1) is 0 Å². The van der Waals surface area contributed by atoms with Crippen LogP contribution < -0.4 is 10.1 Å². The van der Waals surface area contributed by atoms with Gasteiger partial charge in [-0.3, -0.25) is 9.78 Å². The Hall–Kier alpha value is -2.67. The van der Waals surface area contributed by atoms with Crippen LogP contribution in [0.15, 0.2) is 36.5 Å². The van der Waals surface area contributed by atoms with Crippen molar-refractivity contribution in [2.45, 2.75) is 38.1 Å². The Morgan fingerprint density at radius 3 is 2.71 bits per heavy atom. The SMILES string of the molecule is CN(C)C(=O)c1cc(Oc2ccc3nc(NC4CCCCC4)sc3c2)ccn1. The zero-order valence-corrected chi connectivity index (χ0v) is 17.0. The Labute approximate surface area is 168 Å². The Morgan fingerprint density at radius 2 is 1.93 bits per heavy atom. The van der Waals surface area contributed by atoms with Crippen LogP contribution in [-0.4, -0.2) is 40.9 Å². The minimum absolute atomic E-state index is 0.151. The van der Waals surface area contributed by atoms with Crippen molar-refractivity contribution in [1.29, 1.82) is 0 Å². The molecule has 3 aromatic rings. The molecule has 1 amide bonds. The van der Waals surface area contributed by atoms with Gasteiger partial charge in [-0.1, -0.05) is 30.6 Å². The average Bonchev–Trinajstić information content (AvgIpc) is 3.09. The van der Waals surface area contributed by atoms with Gasteiger partial charge in [-0.05, 0) is 31.0 Å². The number of benzene rings is 1. The number of nitrogens with one attached hydrogen (secondary N) is 1. The predicted octanol–water partition coefficient (Wildman–Crippen LogP) is 4.93. The van der Waals surface area contributed by atoms with E-state index in [1.54, 1.807) is 43.8 Å². The van der Waals surface area contributed by atoms with E-state index in [-0.39, 0.29) is 5.91 Å². The Morgan fingerprint density at radius 1 is 1.14 bits per heavy atom. The Balaban J connectivity index is 1.50. The van der Waals surface area contributed by atoms with Gasteiger partial charge in [-0.15, -0.1) is 0 Å². The molecule has 0 saturated heterocycles. The molecule has 28 heavy (non-hydrogen) atoms. The van der Waals surface area contributed by atoms with Crippen molar-refractivity contribution in [3.63, 3.8) is 0 Å². The molecule has 0 aliphatic heterocycles. The zero-order chi connectivity index (χ0) is 19.5. The maximum atomic E-state index is 12.1. The maximum Gasteiger partial charge on any atom is 0.272 e. The molecule has 0 atom stereocenters. The molecule has 1 aromatic carbocycles. The number of hydrogen-bond donors (Lipinski definition) is 1. The number of anilines is 1. The first-order valence-electron chi connectivity index (χ1n) is 9.61. The van der Waals surface area contributed by atoms with Crippen LogP contribution >= 0.6 is 11.3 Å². The quantitative estimate of drug-likeness (QED) is 0.662. The van der Waals surface area contributed by atoms with Gasteiger partial charge in [-0.25, -0.2) is 4.98 Å². The molecule has 4 rings (SSSR count). The number of nitrogens with zero attached hydrogens (tertiary/aromatic N) is 3. The van der Waals surface area contributed by atoms with Crippen molar-refractivity contribution in [2.75, 3.05) is 19.4 Å². The van der Waals surface area contributed by atoms with Crippen LogP contribution in [0.5, 0.6) is 11.5 Å². The van der Waals surface area contributed by atoms with E-state index in [9.17, 15) is 4.79 Å². The van der Waals surface area contributed by atoms with Crippen LogP contribution in [0.2, 0.25) is 0 Å². The highest BCUT2D eigenvalue weighted by Gasteiger charge is 2.15. The van der Waals surface area contributed by atoms with Gasteiger partial charge < -0.3 is 15.0 Å². The van der Waals surface area contributed by atoms with Crippen molar-refractivity contribution in [1.82, 2.24) is 14.9 Å². The summed E-state index contributed by atoms with van der Waals surface area (Å²) < 4.78 is 7.04. The number of rotatable bonds is 5. The third-order valence-electron chi connectivity index (χ3n) is 4.89. The fourth-order valence-electron chi connectivity index (χ4n) is 3.41. The van der Waals surface area contributed by atoms with Gasteiger partial charge in [0.05, 0.1) is 10.2 Å². The van der Waals surface area contributed by atoms with Crippen LogP contribution in [0.4, 0.5) is 5.13 Å². The molecule has 2 heterocycles. The largest absolute Gasteiger partial charge is 0.457 e. The normalized spacial score (nSPS) is 14.8. The number of fused-ring (bicyclic) bond motifs is 1. The highest BCUT2D eigenvalue weighted by Crippen LogP contribution is 2.32. The molecule has 146 valence electrons. The van der Waals surface area contributed by atoms with E-state index in [1.807, 2.05) is 18.2 Å². The van der Waals surface area contributed by atoms with Gasteiger partial charge in [0.2, 0.25) is 0 Å². The fourth-order valence-corrected chi connectivity index (χ4v) is 4.38. The van der Waals surface area contributed by atoms with E-state index >= 15 is 0 Å². The van der Waals surface area contributed by atoms with E-state index in [1.165, 1.54) is 37.0 Å². The molecule has 6 nitrogen and oxygen atoms in total. The predicted molar refractivity (Wildman–Crippen MR) is 112 cm³/mol. The smallest absolute Gasteiger partial charge is 0.272 e. The summed E-state index contributed by atoms with van der Waals surface area (Å²) in [6, 6.07) is 9.82. The first-order valence-corrected chi connectivity index (χ1v) is 10.4. The van der Waals surface area contributed by atoms with E-state index in [0.29, 0.717) is 17.5 Å².